The quantitative estimate of drug-likeness (QED) is 0.646. The van der Waals surface area contributed by atoms with Gasteiger partial charge in [-0.15, -0.1) is 5.10 Å². The van der Waals surface area contributed by atoms with E-state index in [1.807, 2.05) is 0 Å². The summed E-state index contributed by atoms with van der Waals surface area (Å²) < 4.78 is 6.21. The van der Waals surface area contributed by atoms with Crippen molar-refractivity contribution in [3.05, 3.63) is 11.9 Å². The Morgan fingerprint density at radius 2 is 2.57 bits per heavy atom. The van der Waals surface area contributed by atoms with Gasteiger partial charge >= 0.3 is 5.97 Å². The Labute approximate surface area is 81.2 Å². The Morgan fingerprint density at radius 1 is 1.79 bits per heavy atom. The molecule has 0 unspecified atom stereocenters. The fraction of sp³-hybridized carbons (Fsp3) is 0.625. The molecule has 1 fully saturated rings. The second kappa shape index (κ2) is 3.75. The van der Waals surface area contributed by atoms with Crippen LogP contribution in [0.3, 0.4) is 0 Å². The van der Waals surface area contributed by atoms with Crippen molar-refractivity contribution in [1.82, 2.24) is 20.3 Å². The van der Waals surface area contributed by atoms with E-state index in [4.69, 9.17) is 0 Å². The zero-order valence-electron chi connectivity index (χ0n) is 7.93. The number of nitrogens with zero attached hydrogens (tertiary/aromatic N) is 3. The van der Waals surface area contributed by atoms with Gasteiger partial charge in [0, 0.05) is 25.6 Å². The molecule has 0 aliphatic carbocycles. The molecule has 0 amide bonds. The van der Waals surface area contributed by atoms with E-state index in [1.165, 1.54) is 7.11 Å². The van der Waals surface area contributed by atoms with E-state index >= 15 is 0 Å². The standard InChI is InChI=1S/C8H12N4O2/c1-14-8(13)7-5-12(11-10-7)4-6-2-9-3-6/h5-6,9H,2-4H2,1H3. The summed E-state index contributed by atoms with van der Waals surface area (Å²) in [6.07, 6.45) is 1.62. The van der Waals surface area contributed by atoms with Crippen LogP contribution in [0.5, 0.6) is 0 Å². The SMILES string of the molecule is COC(=O)c1cn(CC2CNC2)nn1. The van der Waals surface area contributed by atoms with Crippen LogP contribution in [0.4, 0.5) is 0 Å². The molecule has 0 radical (unpaired) electrons. The highest BCUT2D eigenvalue weighted by molar-refractivity contribution is 5.86. The van der Waals surface area contributed by atoms with Gasteiger partial charge in [-0.2, -0.15) is 0 Å². The van der Waals surface area contributed by atoms with Crippen molar-refractivity contribution in [2.75, 3.05) is 20.2 Å². The minimum absolute atomic E-state index is 0.264. The van der Waals surface area contributed by atoms with Gasteiger partial charge in [-0.3, -0.25) is 4.68 Å². The Balaban J connectivity index is 1.98. The molecular weight excluding hydrogens is 184 g/mol. The van der Waals surface area contributed by atoms with Crippen LogP contribution in [0.25, 0.3) is 0 Å². The van der Waals surface area contributed by atoms with Crippen LogP contribution in [0.2, 0.25) is 0 Å². The summed E-state index contributed by atoms with van der Waals surface area (Å²) in [7, 11) is 1.33. The van der Waals surface area contributed by atoms with E-state index in [9.17, 15) is 4.79 Å². The van der Waals surface area contributed by atoms with E-state index in [1.54, 1.807) is 10.9 Å². The average molecular weight is 196 g/mol. The van der Waals surface area contributed by atoms with E-state index in [0.717, 1.165) is 19.6 Å². The van der Waals surface area contributed by atoms with Crippen LogP contribution < -0.4 is 5.32 Å². The molecule has 76 valence electrons. The van der Waals surface area contributed by atoms with Gasteiger partial charge in [0.1, 0.15) is 0 Å². The van der Waals surface area contributed by atoms with E-state index < -0.39 is 5.97 Å². The van der Waals surface area contributed by atoms with Gasteiger partial charge < -0.3 is 10.1 Å². The summed E-state index contributed by atoms with van der Waals surface area (Å²) in [5.74, 6) is 0.158. The smallest absolute Gasteiger partial charge is 0.360 e. The second-order valence-corrected chi connectivity index (χ2v) is 3.34. The predicted molar refractivity (Wildman–Crippen MR) is 47.7 cm³/mol. The number of aromatic nitrogens is 3. The molecule has 2 heterocycles. The maximum Gasteiger partial charge on any atom is 0.360 e. The number of ether oxygens (including phenoxy) is 1. The third-order valence-electron chi connectivity index (χ3n) is 2.24. The number of hydrogen-bond acceptors (Lipinski definition) is 5. The number of methoxy groups -OCH3 is 1. The van der Waals surface area contributed by atoms with Gasteiger partial charge in [0.25, 0.3) is 0 Å². The molecule has 1 saturated heterocycles. The Bertz CT molecular complexity index is 332. The van der Waals surface area contributed by atoms with Crippen LogP contribution in [0, 0.1) is 5.92 Å². The van der Waals surface area contributed by atoms with Gasteiger partial charge in [0.15, 0.2) is 5.69 Å². The van der Waals surface area contributed by atoms with Gasteiger partial charge in [0.2, 0.25) is 0 Å². The third-order valence-corrected chi connectivity index (χ3v) is 2.24. The van der Waals surface area contributed by atoms with Crippen molar-refractivity contribution in [1.29, 1.82) is 0 Å². The molecule has 0 bridgehead atoms. The topological polar surface area (TPSA) is 69.0 Å². The molecular formula is C8H12N4O2. The molecule has 0 atom stereocenters. The van der Waals surface area contributed by atoms with Crippen LogP contribution in [0.15, 0.2) is 6.20 Å². The average Bonchev–Trinajstić information content (AvgIpc) is 2.58. The molecule has 0 saturated carbocycles. The number of esters is 1. The third kappa shape index (κ3) is 1.74. The van der Waals surface area contributed by atoms with Crippen LogP contribution in [-0.4, -0.2) is 41.2 Å². The molecule has 0 spiro atoms. The summed E-state index contributed by atoms with van der Waals surface area (Å²) in [5, 5.41) is 10.7. The number of carbonyl (C=O) groups excluding carboxylic acids is 1. The van der Waals surface area contributed by atoms with Crippen molar-refractivity contribution in [2.45, 2.75) is 6.54 Å². The summed E-state index contributed by atoms with van der Waals surface area (Å²) in [4.78, 5) is 11.0. The molecule has 0 aromatic carbocycles. The van der Waals surface area contributed by atoms with Crippen molar-refractivity contribution in [2.24, 2.45) is 5.92 Å². The Hall–Kier alpha value is -1.43. The first kappa shape index (κ1) is 9.14. The number of nitrogens with one attached hydrogen (secondary N) is 1. The zero-order valence-corrected chi connectivity index (χ0v) is 7.93. The fourth-order valence-electron chi connectivity index (χ4n) is 1.33. The lowest BCUT2D eigenvalue weighted by Crippen LogP contribution is -2.44. The molecule has 14 heavy (non-hydrogen) atoms. The molecule has 1 aliphatic heterocycles. The minimum Gasteiger partial charge on any atom is -0.464 e. The summed E-state index contributed by atoms with van der Waals surface area (Å²) in [5.41, 5.74) is 0.264. The van der Waals surface area contributed by atoms with Crippen molar-refractivity contribution >= 4 is 5.97 Å². The molecule has 2 rings (SSSR count). The number of carbonyl (C=O) groups is 1. The Morgan fingerprint density at radius 3 is 3.14 bits per heavy atom. The first-order chi connectivity index (χ1) is 6.79. The van der Waals surface area contributed by atoms with Crippen LogP contribution in [0.1, 0.15) is 10.5 Å². The largest absolute Gasteiger partial charge is 0.464 e. The predicted octanol–water partition coefficient (Wildman–Crippen LogP) is -0.716. The minimum atomic E-state index is -0.442. The summed E-state index contributed by atoms with van der Waals surface area (Å²) in [6, 6.07) is 0. The van der Waals surface area contributed by atoms with E-state index in [-0.39, 0.29) is 5.69 Å². The lowest BCUT2D eigenvalue weighted by atomic mass is 10.0. The van der Waals surface area contributed by atoms with Crippen LogP contribution in [-0.2, 0) is 11.3 Å². The maximum absolute atomic E-state index is 11.0. The normalized spacial score (nSPS) is 16.4. The monoisotopic (exact) mass is 196 g/mol. The van der Waals surface area contributed by atoms with Gasteiger partial charge in [-0.05, 0) is 0 Å². The zero-order chi connectivity index (χ0) is 9.97. The highest BCUT2D eigenvalue weighted by atomic mass is 16.5. The first-order valence-electron chi connectivity index (χ1n) is 4.49. The maximum atomic E-state index is 11.0. The van der Waals surface area contributed by atoms with Gasteiger partial charge in [0.05, 0.1) is 13.3 Å². The van der Waals surface area contributed by atoms with Crippen molar-refractivity contribution < 1.29 is 9.53 Å². The fourth-order valence-corrected chi connectivity index (χ4v) is 1.33. The lowest BCUT2D eigenvalue weighted by molar-refractivity contribution is 0.0594. The van der Waals surface area contributed by atoms with Gasteiger partial charge in [-0.25, -0.2) is 4.79 Å². The molecule has 1 aromatic heterocycles. The second-order valence-electron chi connectivity index (χ2n) is 3.34. The van der Waals surface area contributed by atoms with Crippen molar-refractivity contribution in [3.63, 3.8) is 0 Å². The van der Waals surface area contributed by atoms with Crippen molar-refractivity contribution in [3.8, 4) is 0 Å². The summed E-state index contributed by atoms with van der Waals surface area (Å²) in [6.45, 7) is 2.82. The lowest BCUT2D eigenvalue weighted by Gasteiger charge is -2.26. The molecule has 1 aromatic rings. The van der Waals surface area contributed by atoms with Gasteiger partial charge in [-0.1, -0.05) is 5.21 Å². The first-order valence-corrected chi connectivity index (χ1v) is 4.49. The molecule has 1 aliphatic rings. The molecule has 1 N–H and O–H groups in total. The molecule has 6 heteroatoms. The molecule has 6 nitrogen and oxygen atoms in total. The Kier molecular flexibility index (Phi) is 2.45. The van der Waals surface area contributed by atoms with Crippen LogP contribution >= 0.6 is 0 Å². The number of rotatable bonds is 3. The number of hydrogen-bond donors (Lipinski definition) is 1. The summed E-state index contributed by atoms with van der Waals surface area (Å²) >= 11 is 0. The van der Waals surface area contributed by atoms with E-state index in [0.29, 0.717) is 5.92 Å². The highest BCUT2D eigenvalue weighted by Gasteiger charge is 2.18. The van der Waals surface area contributed by atoms with E-state index in [2.05, 4.69) is 20.4 Å². The highest BCUT2D eigenvalue weighted by Crippen LogP contribution is 2.06.